The predicted molar refractivity (Wildman–Crippen MR) is 92.0 cm³/mol. The zero-order valence-electron chi connectivity index (χ0n) is 14.1. The Morgan fingerprint density at radius 3 is 2.48 bits per heavy atom. The van der Waals surface area contributed by atoms with Gasteiger partial charge in [0.25, 0.3) is 0 Å². The number of carbonyl (C=O) groups excluding carboxylic acids is 1. The van der Waals surface area contributed by atoms with Gasteiger partial charge in [-0.15, -0.1) is 0 Å². The van der Waals surface area contributed by atoms with Gasteiger partial charge in [-0.25, -0.2) is 4.39 Å². The molecule has 0 bridgehead atoms. The second-order valence-electron chi connectivity index (χ2n) is 5.94. The Morgan fingerprint density at radius 2 is 1.83 bits per heavy atom. The summed E-state index contributed by atoms with van der Waals surface area (Å²) in [7, 11) is 1.89. The topological polar surface area (TPSA) is 32.3 Å². The van der Waals surface area contributed by atoms with Gasteiger partial charge in [-0.3, -0.25) is 9.69 Å². The third-order valence-corrected chi connectivity index (χ3v) is 4.29. The first-order valence-corrected chi connectivity index (χ1v) is 7.70. The lowest BCUT2D eigenvalue weighted by atomic mass is 10.1. The van der Waals surface area contributed by atoms with Crippen molar-refractivity contribution >= 4 is 11.6 Å². The average molecular weight is 314 g/mol. The average Bonchev–Trinajstić information content (AvgIpc) is 2.52. The number of anilines is 1. The molecule has 1 atom stereocenters. The molecule has 0 aliphatic heterocycles. The van der Waals surface area contributed by atoms with Crippen LogP contribution in [0, 0.1) is 19.7 Å². The fourth-order valence-electron chi connectivity index (χ4n) is 2.44. The van der Waals surface area contributed by atoms with Crippen LogP contribution in [-0.4, -0.2) is 24.4 Å². The molecule has 0 aliphatic rings. The summed E-state index contributed by atoms with van der Waals surface area (Å²) in [6.45, 7) is 6.29. The minimum Gasteiger partial charge on any atom is -0.325 e. The van der Waals surface area contributed by atoms with E-state index in [1.54, 1.807) is 12.1 Å². The second kappa shape index (κ2) is 7.38. The van der Waals surface area contributed by atoms with Gasteiger partial charge in [0.05, 0.1) is 6.54 Å². The number of likely N-dealkylation sites (N-methyl/N-ethyl adjacent to an activating group) is 1. The van der Waals surface area contributed by atoms with Crippen LogP contribution in [0.15, 0.2) is 42.5 Å². The van der Waals surface area contributed by atoms with Crippen molar-refractivity contribution in [3.8, 4) is 0 Å². The maximum Gasteiger partial charge on any atom is 0.238 e. The number of benzene rings is 2. The van der Waals surface area contributed by atoms with Gasteiger partial charge >= 0.3 is 0 Å². The molecule has 122 valence electrons. The largest absolute Gasteiger partial charge is 0.325 e. The van der Waals surface area contributed by atoms with Crippen molar-refractivity contribution in [2.75, 3.05) is 18.9 Å². The molecule has 0 radical (unpaired) electrons. The SMILES string of the molecule is Cc1cccc(NC(=O)CN(C)C(C)c2ccc(F)cc2)c1C. The molecule has 1 unspecified atom stereocenters. The molecular weight excluding hydrogens is 291 g/mol. The van der Waals surface area contributed by atoms with E-state index in [-0.39, 0.29) is 24.3 Å². The molecule has 0 heterocycles. The lowest BCUT2D eigenvalue weighted by Crippen LogP contribution is -2.32. The van der Waals surface area contributed by atoms with E-state index in [0.29, 0.717) is 0 Å². The molecule has 0 aliphatic carbocycles. The van der Waals surface area contributed by atoms with Crippen LogP contribution in [0.25, 0.3) is 0 Å². The summed E-state index contributed by atoms with van der Waals surface area (Å²) in [5, 5.41) is 2.96. The molecule has 2 rings (SSSR count). The highest BCUT2D eigenvalue weighted by Gasteiger charge is 2.15. The van der Waals surface area contributed by atoms with E-state index in [1.807, 2.05) is 50.9 Å². The summed E-state index contributed by atoms with van der Waals surface area (Å²) >= 11 is 0. The number of carbonyl (C=O) groups is 1. The first-order chi connectivity index (χ1) is 10.9. The van der Waals surface area contributed by atoms with E-state index in [0.717, 1.165) is 22.4 Å². The van der Waals surface area contributed by atoms with Gasteiger partial charge < -0.3 is 5.32 Å². The number of nitrogens with one attached hydrogen (secondary N) is 1. The monoisotopic (exact) mass is 314 g/mol. The number of halogens is 1. The normalized spacial score (nSPS) is 12.3. The van der Waals surface area contributed by atoms with E-state index >= 15 is 0 Å². The van der Waals surface area contributed by atoms with Crippen LogP contribution in [0.2, 0.25) is 0 Å². The standard InChI is InChI=1S/C19H23FN2O/c1-13-6-5-7-18(14(13)2)21-19(23)12-22(4)15(3)16-8-10-17(20)11-9-16/h5-11,15H,12H2,1-4H3,(H,21,23). The first kappa shape index (κ1) is 17.2. The van der Waals surface area contributed by atoms with Crippen molar-refractivity contribution < 1.29 is 9.18 Å². The lowest BCUT2D eigenvalue weighted by Gasteiger charge is -2.24. The second-order valence-corrected chi connectivity index (χ2v) is 5.94. The minimum absolute atomic E-state index is 0.0277. The first-order valence-electron chi connectivity index (χ1n) is 7.70. The number of hydrogen-bond donors (Lipinski definition) is 1. The molecule has 0 saturated heterocycles. The molecule has 0 saturated carbocycles. The number of amides is 1. The van der Waals surface area contributed by atoms with Gasteiger partial charge in [0.1, 0.15) is 5.82 Å². The third-order valence-electron chi connectivity index (χ3n) is 4.29. The van der Waals surface area contributed by atoms with Gasteiger partial charge in [0, 0.05) is 11.7 Å². The summed E-state index contributed by atoms with van der Waals surface area (Å²) in [5.41, 5.74) is 4.05. The Kier molecular flexibility index (Phi) is 5.50. The lowest BCUT2D eigenvalue weighted by molar-refractivity contribution is -0.117. The van der Waals surface area contributed by atoms with E-state index in [9.17, 15) is 9.18 Å². The van der Waals surface area contributed by atoms with E-state index in [2.05, 4.69) is 5.32 Å². The van der Waals surface area contributed by atoms with Crippen molar-refractivity contribution in [3.63, 3.8) is 0 Å². The molecule has 2 aromatic rings. The third kappa shape index (κ3) is 4.39. The summed E-state index contributed by atoms with van der Waals surface area (Å²) in [5.74, 6) is -0.313. The van der Waals surface area contributed by atoms with Crippen molar-refractivity contribution in [2.24, 2.45) is 0 Å². The maximum atomic E-state index is 13.0. The molecule has 3 nitrogen and oxygen atoms in total. The Balaban J connectivity index is 1.99. The molecule has 1 N–H and O–H groups in total. The zero-order valence-corrected chi connectivity index (χ0v) is 14.1. The van der Waals surface area contributed by atoms with Crippen molar-refractivity contribution in [3.05, 3.63) is 65.0 Å². The molecule has 4 heteroatoms. The maximum absolute atomic E-state index is 13.0. The number of rotatable bonds is 5. The highest BCUT2D eigenvalue weighted by Crippen LogP contribution is 2.20. The fourth-order valence-corrected chi connectivity index (χ4v) is 2.44. The Hall–Kier alpha value is -2.20. The highest BCUT2D eigenvalue weighted by molar-refractivity contribution is 5.93. The Labute approximate surface area is 137 Å². The summed E-state index contributed by atoms with van der Waals surface area (Å²) in [4.78, 5) is 14.2. The summed E-state index contributed by atoms with van der Waals surface area (Å²) in [6, 6.07) is 12.3. The van der Waals surface area contributed by atoms with Gasteiger partial charge in [0.15, 0.2) is 0 Å². The van der Waals surface area contributed by atoms with Crippen LogP contribution < -0.4 is 5.32 Å². The van der Waals surface area contributed by atoms with Crippen molar-refractivity contribution in [1.82, 2.24) is 4.90 Å². The molecule has 23 heavy (non-hydrogen) atoms. The van der Waals surface area contributed by atoms with Crippen LogP contribution in [0.4, 0.5) is 10.1 Å². The van der Waals surface area contributed by atoms with Crippen LogP contribution in [-0.2, 0) is 4.79 Å². The molecule has 2 aromatic carbocycles. The van der Waals surface area contributed by atoms with Crippen LogP contribution >= 0.6 is 0 Å². The van der Waals surface area contributed by atoms with Gasteiger partial charge in [0.2, 0.25) is 5.91 Å². The van der Waals surface area contributed by atoms with Crippen molar-refractivity contribution in [1.29, 1.82) is 0 Å². The van der Waals surface area contributed by atoms with E-state index < -0.39 is 0 Å². The number of aryl methyl sites for hydroxylation is 1. The van der Waals surface area contributed by atoms with E-state index in [4.69, 9.17) is 0 Å². The van der Waals surface area contributed by atoms with Crippen LogP contribution in [0.1, 0.15) is 29.7 Å². The predicted octanol–water partition coefficient (Wildman–Crippen LogP) is 4.07. The molecular formula is C19H23FN2O. The minimum atomic E-state index is -0.253. The Bertz CT molecular complexity index is 682. The van der Waals surface area contributed by atoms with E-state index in [1.165, 1.54) is 12.1 Å². The number of hydrogen-bond acceptors (Lipinski definition) is 2. The smallest absolute Gasteiger partial charge is 0.238 e. The molecule has 0 fully saturated rings. The van der Waals surface area contributed by atoms with Crippen molar-refractivity contribution in [2.45, 2.75) is 26.8 Å². The zero-order chi connectivity index (χ0) is 17.0. The Morgan fingerprint density at radius 1 is 1.17 bits per heavy atom. The summed E-state index contributed by atoms with van der Waals surface area (Å²) < 4.78 is 13.0. The summed E-state index contributed by atoms with van der Waals surface area (Å²) in [6.07, 6.45) is 0. The van der Waals surface area contributed by atoms with Crippen LogP contribution in [0.5, 0.6) is 0 Å². The quantitative estimate of drug-likeness (QED) is 0.902. The highest BCUT2D eigenvalue weighted by atomic mass is 19.1. The number of nitrogens with zero attached hydrogens (tertiary/aromatic N) is 1. The van der Waals surface area contributed by atoms with Gasteiger partial charge in [-0.2, -0.15) is 0 Å². The molecule has 0 aromatic heterocycles. The fraction of sp³-hybridized carbons (Fsp3) is 0.316. The molecule has 1 amide bonds. The van der Waals surface area contributed by atoms with Gasteiger partial charge in [-0.1, -0.05) is 24.3 Å². The van der Waals surface area contributed by atoms with Gasteiger partial charge in [-0.05, 0) is 62.7 Å². The van der Waals surface area contributed by atoms with Crippen LogP contribution in [0.3, 0.4) is 0 Å². The molecule has 0 spiro atoms.